The molecular formula is C34H32ClF2N7O2S. The topological polar surface area (TPSA) is 124 Å². The van der Waals surface area contributed by atoms with E-state index >= 15 is 8.78 Å². The van der Waals surface area contributed by atoms with Gasteiger partial charge in [-0.3, -0.25) is 4.90 Å². The van der Waals surface area contributed by atoms with Crippen LogP contribution in [0.5, 0.6) is 11.8 Å². The van der Waals surface area contributed by atoms with Crippen LogP contribution in [0.25, 0.3) is 32.1 Å². The van der Waals surface area contributed by atoms with E-state index in [9.17, 15) is 10.5 Å². The van der Waals surface area contributed by atoms with Gasteiger partial charge in [-0.1, -0.05) is 24.6 Å². The molecule has 2 aromatic heterocycles. The molecule has 3 fully saturated rings. The lowest BCUT2D eigenvalue weighted by Gasteiger charge is -2.41. The van der Waals surface area contributed by atoms with Gasteiger partial charge < -0.3 is 20.1 Å². The highest BCUT2D eigenvalue weighted by Gasteiger charge is 2.48. The van der Waals surface area contributed by atoms with Crippen LogP contribution < -0.4 is 20.1 Å². The average molecular weight is 676 g/mol. The van der Waals surface area contributed by atoms with Crippen molar-refractivity contribution in [1.29, 1.82) is 10.5 Å². The van der Waals surface area contributed by atoms with Crippen LogP contribution in [0.15, 0.2) is 12.1 Å². The molecule has 242 valence electrons. The summed E-state index contributed by atoms with van der Waals surface area (Å²) in [5, 5.41) is 20.3. The van der Waals surface area contributed by atoms with Gasteiger partial charge in [0.25, 0.3) is 0 Å². The number of thiophene rings is 1. The molecule has 2 N–H and O–H groups in total. The number of benzene rings is 2. The summed E-state index contributed by atoms with van der Waals surface area (Å²) in [6, 6.07) is 6.73. The number of halogens is 3. The Kier molecular flexibility index (Phi) is 7.32. The Hall–Kier alpha value is -3.97. The van der Waals surface area contributed by atoms with Crippen molar-refractivity contribution in [2.75, 3.05) is 36.9 Å². The van der Waals surface area contributed by atoms with Crippen LogP contribution in [-0.4, -0.2) is 58.8 Å². The van der Waals surface area contributed by atoms with Gasteiger partial charge in [-0.15, -0.1) is 11.3 Å². The lowest BCUT2D eigenvalue weighted by atomic mass is 9.91. The molecule has 0 bridgehead atoms. The van der Waals surface area contributed by atoms with E-state index in [0.29, 0.717) is 23.7 Å². The van der Waals surface area contributed by atoms with Crippen molar-refractivity contribution < 1.29 is 18.3 Å². The van der Waals surface area contributed by atoms with Crippen LogP contribution in [0.4, 0.5) is 19.6 Å². The number of nitrogens with two attached hydrogens (primary N) is 1. The van der Waals surface area contributed by atoms with E-state index in [-0.39, 0.29) is 84.7 Å². The summed E-state index contributed by atoms with van der Waals surface area (Å²) in [5.41, 5.74) is 6.14. The maximum atomic E-state index is 17.2. The van der Waals surface area contributed by atoms with Crippen molar-refractivity contribution in [1.82, 2.24) is 14.9 Å². The first-order valence-corrected chi connectivity index (χ1v) is 17.2. The summed E-state index contributed by atoms with van der Waals surface area (Å²) in [7, 11) is 0. The normalized spacial score (nSPS) is 25.2. The number of piperidine rings is 1. The summed E-state index contributed by atoms with van der Waals surface area (Å²) in [5.74, 6) is -0.169. The maximum Gasteiger partial charge on any atom is 0.319 e. The number of hydrogen-bond donors (Lipinski definition) is 1. The highest BCUT2D eigenvalue weighted by Crippen LogP contribution is 2.52. The second-order valence-corrected chi connectivity index (χ2v) is 14.8. The summed E-state index contributed by atoms with van der Waals surface area (Å²) in [6.07, 6.45) is 5.83. The van der Waals surface area contributed by atoms with Gasteiger partial charge in [-0.05, 0) is 62.6 Å². The van der Waals surface area contributed by atoms with Crippen LogP contribution >= 0.6 is 22.9 Å². The number of hydrogen-bond acceptors (Lipinski definition) is 10. The van der Waals surface area contributed by atoms with Gasteiger partial charge in [-0.25, -0.2) is 8.78 Å². The number of fused-ring (bicyclic) bond motifs is 4. The summed E-state index contributed by atoms with van der Waals surface area (Å²) in [6.45, 7) is 4.89. The van der Waals surface area contributed by atoms with Gasteiger partial charge in [0.1, 0.15) is 41.4 Å². The van der Waals surface area contributed by atoms with E-state index in [1.807, 2.05) is 0 Å². The minimum Gasteiger partial charge on any atom is -0.489 e. The van der Waals surface area contributed by atoms with E-state index in [4.69, 9.17) is 31.8 Å². The minimum absolute atomic E-state index is 0.0350. The number of nitriles is 2. The second kappa shape index (κ2) is 11.3. The second-order valence-electron chi connectivity index (χ2n) is 13.3. The molecule has 0 aliphatic carbocycles. The van der Waals surface area contributed by atoms with E-state index in [2.05, 4.69) is 33.8 Å². The first kappa shape index (κ1) is 30.4. The summed E-state index contributed by atoms with van der Waals surface area (Å²) in [4.78, 5) is 14.2. The van der Waals surface area contributed by atoms with Crippen LogP contribution in [0.2, 0.25) is 5.02 Å². The van der Waals surface area contributed by atoms with Crippen molar-refractivity contribution in [3.63, 3.8) is 0 Å². The molecule has 8 rings (SSSR count). The molecule has 4 aliphatic heterocycles. The standard InChI is InChI=1S/C34H32ClF2N7O2S/c1-17-12-34(9-3-11-43(34)14-17)16-46-33-41-28-25-29(45-15-19-5-2-4-18(8-10-38)44(19)32(25)42-33)26(35)24(27(28)37)20-6-7-22(36)30-23(20)21(13-39)31(40)47-30/h6-7,17-19H,2-5,8-9,11-12,14-16,40H2,1H3/t17-,18?,19?,34?/m1/s1. The van der Waals surface area contributed by atoms with E-state index in [1.165, 1.54) is 12.1 Å². The number of rotatable bonds is 5. The maximum absolute atomic E-state index is 17.2. The fraction of sp³-hybridized carbons (Fsp3) is 0.471. The van der Waals surface area contributed by atoms with Crippen LogP contribution in [0.1, 0.15) is 57.4 Å². The molecule has 3 unspecified atom stereocenters. The molecule has 0 radical (unpaired) electrons. The molecule has 0 amide bonds. The first-order chi connectivity index (χ1) is 22.7. The molecule has 4 atom stereocenters. The van der Waals surface area contributed by atoms with Crippen LogP contribution in [-0.2, 0) is 0 Å². The highest BCUT2D eigenvalue weighted by molar-refractivity contribution is 7.23. The first-order valence-electron chi connectivity index (χ1n) is 16.0. The molecule has 6 heterocycles. The van der Waals surface area contributed by atoms with E-state index in [0.717, 1.165) is 63.0 Å². The Morgan fingerprint density at radius 3 is 2.87 bits per heavy atom. The third kappa shape index (κ3) is 4.60. The molecule has 47 heavy (non-hydrogen) atoms. The molecule has 9 nitrogen and oxygen atoms in total. The minimum atomic E-state index is -0.769. The molecule has 0 saturated carbocycles. The molecule has 4 aromatic rings. The average Bonchev–Trinajstić information content (AvgIpc) is 3.66. The Balaban J connectivity index is 1.36. The van der Waals surface area contributed by atoms with Crippen molar-refractivity contribution >= 4 is 54.7 Å². The smallest absolute Gasteiger partial charge is 0.319 e. The Bertz CT molecular complexity index is 2040. The van der Waals surface area contributed by atoms with Gasteiger partial charge in [-0.2, -0.15) is 20.5 Å². The zero-order valence-electron chi connectivity index (χ0n) is 25.8. The quantitative estimate of drug-likeness (QED) is 0.234. The zero-order valence-corrected chi connectivity index (χ0v) is 27.4. The third-order valence-electron chi connectivity index (χ3n) is 10.5. The predicted octanol–water partition coefficient (Wildman–Crippen LogP) is 7.18. The molecule has 2 aromatic carbocycles. The highest BCUT2D eigenvalue weighted by atomic mass is 35.5. The lowest BCUT2D eigenvalue weighted by molar-refractivity contribution is 0.107. The molecule has 0 spiro atoms. The van der Waals surface area contributed by atoms with Gasteiger partial charge >= 0.3 is 6.01 Å². The molecular weight excluding hydrogens is 644 g/mol. The van der Waals surface area contributed by atoms with Crippen molar-refractivity contribution in [3.8, 4) is 35.0 Å². The zero-order chi connectivity index (χ0) is 32.6. The molecule has 4 aliphatic rings. The van der Waals surface area contributed by atoms with Crippen LogP contribution in [0.3, 0.4) is 0 Å². The number of nitrogen functional groups attached to an aromatic ring is 1. The van der Waals surface area contributed by atoms with Gasteiger partial charge in [0.15, 0.2) is 11.6 Å². The predicted molar refractivity (Wildman–Crippen MR) is 177 cm³/mol. The SMILES string of the molecule is C[C@H]1CN2CCCC2(COc2nc3c4c(c(Cl)c(-c5ccc(F)c6sc(N)c(C#N)c56)c(F)c4n2)OCC2CCCC(CC#N)N32)C1. The fourth-order valence-electron chi connectivity index (χ4n) is 8.55. The Morgan fingerprint density at radius 1 is 1.21 bits per heavy atom. The van der Waals surface area contributed by atoms with Crippen molar-refractivity contribution in [2.45, 2.75) is 69.5 Å². The fourth-order valence-corrected chi connectivity index (χ4v) is 9.83. The monoisotopic (exact) mass is 675 g/mol. The number of ether oxygens (including phenoxy) is 2. The van der Waals surface area contributed by atoms with Crippen molar-refractivity contribution in [2.24, 2.45) is 5.92 Å². The lowest BCUT2D eigenvalue weighted by Crippen LogP contribution is -2.49. The van der Waals surface area contributed by atoms with Crippen LogP contribution in [0, 0.1) is 40.2 Å². The molecule has 13 heteroatoms. The van der Waals surface area contributed by atoms with Gasteiger partial charge in [0.2, 0.25) is 0 Å². The number of nitrogens with zero attached hydrogens (tertiary/aromatic N) is 6. The third-order valence-corrected chi connectivity index (χ3v) is 11.9. The van der Waals surface area contributed by atoms with Crippen molar-refractivity contribution in [3.05, 3.63) is 34.4 Å². The number of aromatic nitrogens is 2. The Labute approximate surface area is 279 Å². The largest absolute Gasteiger partial charge is 0.489 e. The molecule has 3 saturated heterocycles. The summed E-state index contributed by atoms with van der Waals surface area (Å²) >= 11 is 8.00. The van der Waals surface area contributed by atoms with Gasteiger partial charge in [0, 0.05) is 23.5 Å². The van der Waals surface area contributed by atoms with E-state index < -0.39 is 11.6 Å². The Morgan fingerprint density at radius 2 is 2.06 bits per heavy atom. The van der Waals surface area contributed by atoms with E-state index in [1.54, 1.807) is 0 Å². The van der Waals surface area contributed by atoms with Gasteiger partial charge in [0.05, 0.1) is 44.7 Å². The number of anilines is 2. The summed E-state index contributed by atoms with van der Waals surface area (Å²) < 4.78 is 45.2.